The number of hydrogen-bond acceptors (Lipinski definition) is 5. The van der Waals surface area contributed by atoms with Crippen LogP contribution in [-0.2, 0) is 19.1 Å². The van der Waals surface area contributed by atoms with Crippen molar-refractivity contribution >= 4 is 17.4 Å². The number of allylic oxidation sites excluding steroid dienone is 2. The van der Waals surface area contributed by atoms with E-state index in [-0.39, 0.29) is 6.17 Å². The summed E-state index contributed by atoms with van der Waals surface area (Å²) in [5, 5.41) is 10.2. The van der Waals surface area contributed by atoms with E-state index in [1.807, 2.05) is 24.4 Å². The molecule has 0 amide bonds. The summed E-state index contributed by atoms with van der Waals surface area (Å²) >= 11 is 6.07. The largest absolute Gasteiger partial charge is 0.433 e. The maximum absolute atomic E-state index is 12.6. The van der Waals surface area contributed by atoms with Crippen LogP contribution >= 0.6 is 11.6 Å². The van der Waals surface area contributed by atoms with Gasteiger partial charge in [0.1, 0.15) is 17.7 Å². The zero-order valence-electron chi connectivity index (χ0n) is 15.1. The lowest BCUT2D eigenvalue weighted by molar-refractivity contribution is -0.141. The zero-order chi connectivity index (χ0) is 20.4. The Bertz CT molecular complexity index is 979. The van der Waals surface area contributed by atoms with E-state index >= 15 is 0 Å². The van der Waals surface area contributed by atoms with E-state index in [2.05, 4.69) is 25.9 Å². The van der Waals surface area contributed by atoms with Gasteiger partial charge >= 0.3 is 6.18 Å². The van der Waals surface area contributed by atoms with Crippen LogP contribution in [0.3, 0.4) is 0 Å². The first-order valence-corrected chi connectivity index (χ1v) is 9.26. The molecule has 2 aliphatic rings. The van der Waals surface area contributed by atoms with Crippen molar-refractivity contribution in [2.24, 2.45) is 0 Å². The lowest BCUT2D eigenvalue weighted by atomic mass is 9.99. The Morgan fingerprint density at radius 2 is 1.76 bits per heavy atom. The molecule has 0 aromatic carbocycles. The summed E-state index contributed by atoms with van der Waals surface area (Å²) < 4.78 is 37.7. The highest BCUT2D eigenvalue weighted by Gasteiger charge is 2.32. The smallest absolute Gasteiger partial charge is 0.367 e. The molecule has 2 aromatic rings. The average Bonchev–Trinajstić information content (AvgIpc) is 3.09. The Morgan fingerprint density at radius 3 is 2.45 bits per heavy atom. The molecule has 0 radical (unpaired) electrons. The quantitative estimate of drug-likeness (QED) is 0.682. The molecule has 1 unspecified atom stereocenters. The van der Waals surface area contributed by atoms with Gasteiger partial charge in [0.25, 0.3) is 0 Å². The molecule has 3 N–H and O–H groups in total. The standard InChI is InChI=1S/C20H17ClF3N5/c21-15-6-16-14(10-28-19(16)29-11-15)5-12-2-4-18(26-7-12)27-9-13-1-3-17(25-8-13)20(22,23)24/h1-4,6-8,10-11,19,28-29H,5,9H2,(H,26,27). The maximum Gasteiger partial charge on any atom is 0.433 e. The van der Waals surface area contributed by atoms with Crippen LogP contribution in [-0.4, -0.2) is 16.1 Å². The van der Waals surface area contributed by atoms with Crippen LogP contribution in [0.5, 0.6) is 0 Å². The molecule has 0 fully saturated rings. The van der Waals surface area contributed by atoms with Gasteiger partial charge in [-0.25, -0.2) is 4.98 Å². The molecule has 2 aromatic heterocycles. The predicted octanol–water partition coefficient (Wildman–Crippen LogP) is 4.07. The van der Waals surface area contributed by atoms with Crippen LogP contribution in [0.1, 0.15) is 16.8 Å². The molecular formula is C20H17ClF3N5. The molecule has 4 rings (SSSR count). The number of fused-ring (bicyclic) bond motifs is 1. The van der Waals surface area contributed by atoms with Crippen molar-refractivity contribution in [1.29, 1.82) is 0 Å². The minimum Gasteiger partial charge on any atom is -0.367 e. The summed E-state index contributed by atoms with van der Waals surface area (Å²) in [6, 6.07) is 6.18. The van der Waals surface area contributed by atoms with Crippen LogP contribution in [0.15, 0.2) is 71.3 Å². The maximum atomic E-state index is 12.6. The Kier molecular flexibility index (Phi) is 5.19. The number of nitrogens with zero attached hydrogens (tertiary/aromatic N) is 2. The molecule has 5 nitrogen and oxygen atoms in total. The van der Waals surface area contributed by atoms with Crippen molar-refractivity contribution in [3.63, 3.8) is 0 Å². The molecule has 9 heteroatoms. The van der Waals surface area contributed by atoms with Gasteiger partial charge in [-0.2, -0.15) is 13.2 Å². The molecule has 0 spiro atoms. The van der Waals surface area contributed by atoms with Crippen molar-refractivity contribution in [2.45, 2.75) is 25.3 Å². The van der Waals surface area contributed by atoms with Crippen molar-refractivity contribution in [1.82, 2.24) is 20.6 Å². The van der Waals surface area contributed by atoms with Gasteiger partial charge in [-0.1, -0.05) is 23.7 Å². The fourth-order valence-corrected chi connectivity index (χ4v) is 3.29. The second-order valence-electron chi connectivity index (χ2n) is 6.70. The summed E-state index contributed by atoms with van der Waals surface area (Å²) in [7, 11) is 0. The third kappa shape index (κ3) is 4.54. The monoisotopic (exact) mass is 419 g/mol. The summed E-state index contributed by atoms with van der Waals surface area (Å²) in [5.74, 6) is 0.634. The van der Waals surface area contributed by atoms with Gasteiger partial charge in [0.15, 0.2) is 0 Å². The second-order valence-corrected chi connectivity index (χ2v) is 7.13. The first-order chi connectivity index (χ1) is 13.9. The summed E-state index contributed by atoms with van der Waals surface area (Å²) in [6.07, 6.45) is 4.97. The highest BCUT2D eigenvalue weighted by atomic mass is 35.5. The number of pyridine rings is 2. The van der Waals surface area contributed by atoms with Crippen molar-refractivity contribution in [3.05, 3.63) is 88.1 Å². The van der Waals surface area contributed by atoms with Gasteiger partial charge in [-0.3, -0.25) is 4.98 Å². The minimum absolute atomic E-state index is 0.0405. The SMILES string of the molecule is FC(F)(F)c1ccc(CNc2ccc(CC3=CNC4NC=C(Cl)C=C34)cn2)cn1. The van der Waals surface area contributed by atoms with E-state index in [9.17, 15) is 13.2 Å². The fourth-order valence-electron chi connectivity index (χ4n) is 3.11. The third-order valence-corrected chi connectivity index (χ3v) is 4.81. The van der Waals surface area contributed by atoms with Gasteiger partial charge in [0, 0.05) is 43.3 Å². The lowest BCUT2D eigenvalue weighted by Gasteiger charge is -2.19. The minimum atomic E-state index is -4.43. The van der Waals surface area contributed by atoms with Crippen LogP contribution in [0.4, 0.5) is 19.0 Å². The van der Waals surface area contributed by atoms with E-state index in [4.69, 9.17) is 11.6 Å². The molecule has 1 atom stereocenters. The van der Waals surface area contributed by atoms with Gasteiger partial charge in [0.2, 0.25) is 0 Å². The van der Waals surface area contributed by atoms with Crippen LogP contribution < -0.4 is 16.0 Å². The molecule has 0 aliphatic carbocycles. The summed E-state index contributed by atoms with van der Waals surface area (Å²) in [4.78, 5) is 7.83. The predicted molar refractivity (Wildman–Crippen MR) is 105 cm³/mol. The van der Waals surface area contributed by atoms with Crippen molar-refractivity contribution in [2.75, 3.05) is 5.32 Å². The van der Waals surface area contributed by atoms with E-state index in [1.54, 1.807) is 12.4 Å². The number of halogens is 4. The Labute approximate surface area is 170 Å². The topological polar surface area (TPSA) is 61.9 Å². The highest BCUT2D eigenvalue weighted by Crippen LogP contribution is 2.28. The zero-order valence-corrected chi connectivity index (χ0v) is 15.8. The van der Waals surface area contributed by atoms with Gasteiger partial charge < -0.3 is 16.0 Å². The molecule has 2 aliphatic heterocycles. The number of dihydropyridines is 1. The first kappa shape index (κ1) is 19.3. The molecular weight excluding hydrogens is 403 g/mol. The Hall–Kier alpha value is -3.00. The summed E-state index contributed by atoms with van der Waals surface area (Å²) in [6.45, 7) is 0.331. The molecule has 0 bridgehead atoms. The first-order valence-electron chi connectivity index (χ1n) is 8.88. The number of aromatic nitrogens is 2. The number of nitrogens with one attached hydrogen (secondary N) is 3. The second kappa shape index (κ2) is 7.79. The number of alkyl halides is 3. The number of rotatable bonds is 5. The van der Waals surface area contributed by atoms with Crippen LogP contribution in [0.25, 0.3) is 0 Å². The van der Waals surface area contributed by atoms with Gasteiger partial charge in [0.05, 0.1) is 5.03 Å². The van der Waals surface area contributed by atoms with E-state index in [0.29, 0.717) is 29.4 Å². The third-order valence-electron chi connectivity index (χ3n) is 4.60. The van der Waals surface area contributed by atoms with Crippen LogP contribution in [0.2, 0.25) is 0 Å². The van der Waals surface area contributed by atoms with Gasteiger partial charge in [-0.05, 0) is 34.9 Å². The molecule has 4 heterocycles. The van der Waals surface area contributed by atoms with Crippen LogP contribution in [0, 0.1) is 0 Å². The van der Waals surface area contributed by atoms with Crippen molar-refractivity contribution < 1.29 is 13.2 Å². The average molecular weight is 420 g/mol. The van der Waals surface area contributed by atoms with E-state index in [1.165, 1.54) is 12.3 Å². The molecule has 0 saturated heterocycles. The lowest BCUT2D eigenvalue weighted by Crippen LogP contribution is -2.36. The van der Waals surface area contributed by atoms with Gasteiger partial charge in [-0.15, -0.1) is 0 Å². The van der Waals surface area contributed by atoms with Crippen molar-refractivity contribution in [3.8, 4) is 0 Å². The summed E-state index contributed by atoms with van der Waals surface area (Å²) in [5.41, 5.74) is 3.01. The fraction of sp³-hybridized carbons (Fsp3) is 0.200. The molecule has 0 saturated carbocycles. The molecule has 150 valence electrons. The highest BCUT2D eigenvalue weighted by molar-refractivity contribution is 6.31. The molecule has 29 heavy (non-hydrogen) atoms. The number of anilines is 1. The van der Waals surface area contributed by atoms with E-state index in [0.717, 1.165) is 22.8 Å². The van der Waals surface area contributed by atoms with E-state index < -0.39 is 11.9 Å². The number of hydrogen-bond donors (Lipinski definition) is 3. The normalized spacial score (nSPS) is 18.1. The Balaban J connectivity index is 1.34. The Morgan fingerprint density at radius 1 is 1.00 bits per heavy atom.